The highest BCUT2D eigenvalue weighted by atomic mass is 16.4. The van der Waals surface area contributed by atoms with Gasteiger partial charge in [-0.1, -0.05) is 62.2 Å². The van der Waals surface area contributed by atoms with Crippen LogP contribution < -0.4 is 5.69 Å². The Bertz CT molecular complexity index is 1210. The molecule has 7 nitrogen and oxygen atoms in total. The maximum atomic E-state index is 12.7. The van der Waals surface area contributed by atoms with Gasteiger partial charge in [0.25, 0.3) is 5.91 Å². The van der Waals surface area contributed by atoms with E-state index < -0.39 is 11.7 Å². The van der Waals surface area contributed by atoms with Gasteiger partial charge in [0.2, 0.25) is 5.82 Å². The van der Waals surface area contributed by atoms with Crippen LogP contribution in [0.3, 0.4) is 0 Å². The van der Waals surface area contributed by atoms with Crippen LogP contribution in [0.25, 0.3) is 11.1 Å². The van der Waals surface area contributed by atoms with Crippen molar-refractivity contribution >= 4 is 11.9 Å². The number of carboxylic acid groups (broad SMARTS) is 1. The van der Waals surface area contributed by atoms with Crippen molar-refractivity contribution in [2.45, 2.75) is 33.2 Å². The summed E-state index contributed by atoms with van der Waals surface area (Å²) in [4.78, 5) is 36.1. The summed E-state index contributed by atoms with van der Waals surface area (Å²) in [6.45, 7) is 3.75. The number of nitrogens with zero attached hydrogens (tertiary/aromatic N) is 3. The van der Waals surface area contributed by atoms with Gasteiger partial charge in [-0.3, -0.25) is 9.36 Å². The van der Waals surface area contributed by atoms with Crippen LogP contribution in [0, 0.1) is 11.8 Å². The van der Waals surface area contributed by atoms with Crippen LogP contribution in [0.15, 0.2) is 53.3 Å². The molecule has 0 aliphatic carbocycles. The second-order valence-corrected chi connectivity index (χ2v) is 6.55. The molecule has 1 heterocycles. The van der Waals surface area contributed by atoms with Gasteiger partial charge >= 0.3 is 11.7 Å². The van der Waals surface area contributed by atoms with E-state index >= 15 is 0 Å². The molecule has 30 heavy (non-hydrogen) atoms. The Morgan fingerprint density at radius 1 is 1.07 bits per heavy atom. The van der Waals surface area contributed by atoms with Crippen LogP contribution >= 0.6 is 0 Å². The van der Waals surface area contributed by atoms with Gasteiger partial charge < -0.3 is 5.11 Å². The molecule has 0 bridgehead atoms. The zero-order valence-corrected chi connectivity index (χ0v) is 16.8. The second kappa shape index (κ2) is 9.05. The minimum atomic E-state index is -0.992. The molecule has 0 fully saturated rings. The standard InChI is InChI=1S/C23H21N3O4/c1-3-5-10-20-24-26(21(27)4-2)23(30)25(20)15-16-11-13-17(14-12-16)18-8-6-7-9-19(18)22(28)29/h6-9,11-14H,3-4,15H2,1-2H3,(H,28,29). The highest BCUT2D eigenvalue weighted by Gasteiger charge is 2.17. The summed E-state index contributed by atoms with van der Waals surface area (Å²) in [5.74, 6) is 4.58. The molecule has 0 atom stereocenters. The van der Waals surface area contributed by atoms with Gasteiger partial charge in [-0.05, 0) is 28.7 Å². The Balaban J connectivity index is 1.96. The monoisotopic (exact) mass is 403 g/mol. The van der Waals surface area contributed by atoms with Crippen LogP contribution in [0.4, 0.5) is 0 Å². The number of benzene rings is 2. The number of rotatable bonds is 5. The average molecular weight is 403 g/mol. The van der Waals surface area contributed by atoms with Crippen molar-refractivity contribution in [1.29, 1.82) is 0 Å². The van der Waals surface area contributed by atoms with Crippen LogP contribution in [0.2, 0.25) is 0 Å². The topological polar surface area (TPSA) is 94.2 Å². The maximum absolute atomic E-state index is 12.7. The largest absolute Gasteiger partial charge is 0.478 e. The van der Waals surface area contributed by atoms with Crippen LogP contribution in [-0.2, 0) is 6.54 Å². The molecule has 0 aliphatic heterocycles. The molecule has 3 rings (SSSR count). The second-order valence-electron chi connectivity index (χ2n) is 6.55. The van der Waals surface area contributed by atoms with E-state index in [9.17, 15) is 19.5 Å². The Kier molecular flexibility index (Phi) is 6.28. The van der Waals surface area contributed by atoms with Crippen molar-refractivity contribution in [3.8, 4) is 23.0 Å². The van der Waals surface area contributed by atoms with E-state index in [1.54, 1.807) is 43.3 Å². The lowest BCUT2D eigenvalue weighted by atomic mass is 9.99. The van der Waals surface area contributed by atoms with Crippen LogP contribution in [0.1, 0.15) is 53.2 Å². The van der Waals surface area contributed by atoms with Gasteiger partial charge in [0.15, 0.2) is 0 Å². The summed E-state index contributed by atoms with van der Waals surface area (Å²) < 4.78 is 2.23. The van der Waals surface area contributed by atoms with Crippen LogP contribution in [0.5, 0.6) is 0 Å². The maximum Gasteiger partial charge on any atom is 0.354 e. The first-order valence-electron chi connectivity index (χ1n) is 9.59. The molecule has 0 aliphatic rings. The lowest BCUT2D eigenvalue weighted by Crippen LogP contribution is -2.29. The summed E-state index contributed by atoms with van der Waals surface area (Å²) >= 11 is 0. The fourth-order valence-electron chi connectivity index (χ4n) is 3.00. The van der Waals surface area contributed by atoms with Gasteiger partial charge in [-0.15, -0.1) is 9.78 Å². The third-order valence-electron chi connectivity index (χ3n) is 4.54. The Morgan fingerprint density at radius 3 is 2.40 bits per heavy atom. The number of aromatic nitrogens is 3. The molecule has 1 aromatic heterocycles. The summed E-state index contributed by atoms with van der Waals surface area (Å²) in [6.07, 6.45) is 0.760. The van der Waals surface area contributed by atoms with Gasteiger partial charge in [-0.25, -0.2) is 9.59 Å². The first-order valence-corrected chi connectivity index (χ1v) is 9.59. The molecule has 0 amide bonds. The molecule has 0 radical (unpaired) electrons. The van der Waals surface area contributed by atoms with Crippen molar-refractivity contribution in [2.75, 3.05) is 0 Å². The van der Waals surface area contributed by atoms with E-state index in [0.717, 1.165) is 15.8 Å². The van der Waals surface area contributed by atoms with Crippen molar-refractivity contribution in [1.82, 2.24) is 14.3 Å². The van der Waals surface area contributed by atoms with E-state index in [4.69, 9.17) is 0 Å². The van der Waals surface area contributed by atoms with Gasteiger partial charge in [0, 0.05) is 12.8 Å². The highest BCUT2D eigenvalue weighted by Crippen LogP contribution is 2.24. The molecule has 0 unspecified atom stereocenters. The number of hydrogen-bond donors (Lipinski definition) is 1. The summed E-state index contributed by atoms with van der Waals surface area (Å²) in [7, 11) is 0. The van der Waals surface area contributed by atoms with Gasteiger partial charge in [0.05, 0.1) is 12.1 Å². The van der Waals surface area contributed by atoms with Crippen LogP contribution in [-0.4, -0.2) is 31.3 Å². The smallest absolute Gasteiger partial charge is 0.354 e. The summed E-state index contributed by atoms with van der Waals surface area (Å²) in [5.41, 5.74) is 1.87. The number of aromatic carboxylic acids is 1. The third-order valence-corrected chi connectivity index (χ3v) is 4.54. The number of hydrogen-bond acceptors (Lipinski definition) is 4. The minimum absolute atomic E-state index is 0.162. The highest BCUT2D eigenvalue weighted by molar-refractivity contribution is 5.96. The van der Waals surface area contributed by atoms with E-state index in [1.165, 1.54) is 4.57 Å². The number of carbonyl (C=O) groups is 2. The van der Waals surface area contributed by atoms with E-state index in [1.807, 2.05) is 19.1 Å². The quantitative estimate of drug-likeness (QED) is 0.660. The number of carbonyl (C=O) groups excluding carboxylic acids is 1. The van der Waals surface area contributed by atoms with E-state index in [2.05, 4.69) is 16.9 Å². The third kappa shape index (κ3) is 4.23. The van der Waals surface area contributed by atoms with Gasteiger partial charge in [0.1, 0.15) is 0 Å². The molecule has 1 N–H and O–H groups in total. The normalized spacial score (nSPS) is 10.3. The summed E-state index contributed by atoms with van der Waals surface area (Å²) in [5, 5.41) is 13.5. The van der Waals surface area contributed by atoms with E-state index in [-0.39, 0.29) is 30.3 Å². The first kappa shape index (κ1) is 20.8. The molecular weight excluding hydrogens is 382 g/mol. The summed E-state index contributed by atoms with van der Waals surface area (Å²) in [6, 6.07) is 14.0. The van der Waals surface area contributed by atoms with Crippen molar-refractivity contribution in [3.63, 3.8) is 0 Å². The zero-order valence-electron chi connectivity index (χ0n) is 16.8. The molecule has 3 aromatic rings. The molecule has 2 aromatic carbocycles. The van der Waals surface area contributed by atoms with Crippen molar-refractivity contribution in [2.24, 2.45) is 0 Å². The van der Waals surface area contributed by atoms with Gasteiger partial charge in [-0.2, -0.15) is 0 Å². The average Bonchev–Trinajstić information content (AvgIpc) is 3.07. The SMILES string of the molecule is CCC#Cc1nn(C(=O)CC)c(=O)n1Cc1ccc(-c2ccccc2C(=O)O)cc1. The van der Waals surface area contributed by atoms with Crippen molar-refractivity contribution < 1.29 is 14.7 Å². The predicted molar refractivity (Wildman–Crippen MR) is 113 cm³/mol. The number of carboxylic acids is 1. The lowest BCUT2D eigenvalue weighted by Gasteiger charge is -2.08. The molecule has 0 saturated heterocycles. The molecule has 0 saturated carbocycles. The lowest BCUT2D eigenvalue weighted by molar-refractivity contribution is 0.0697. The fourth-order valence-corrected chi connectivity index (χ4v) is 3.00. The predicted octanol–water partition coefficient (Wildman–Crippen LogP) is 3.27. The molecule has 0 spiro atoms. The first-order chi connectivity index (χ1) is 14.5. The molecular formula is C23H21N3O4. The Labute approximate surface area is 173 Å². The van der Waals surface area contributed by atoms with E-state index in [0.29, 0.717) is 12.0 Å². The fraction of sp³-hybridized carbons (Fsp3) is 0.217. The Hall–Kier alpha value is -3.92. The molecule has 7 heteroatoms. The minimum Gasteiger partial charge on any atom is -0.478 e. The van der Waals surface area contributed by atoms with Crippen molar-refractivity contribution in [3.05, 3.63) is 76.0 Å². The Morgan fingerprint density at radius 2 is 1.77 bits per heavy atom. The zero-order chi connectivity index (χ0) is 21.7. The molecule has 152 valence electrons.